The number of rotatable bonds is 4. The minimum absolute atomic E-state index is 0.0309. The number of benzene rings is 1. The molecule has 3 heteroatoms. The highest BCUT2D eigenvalue weighted by molar-refractivity contribution is 5.38. The molecule has 0 aromatic heterocycles. The Morgan fingerprint density at radius 1 is 1.50 bits per heavy atom. The first-order chi connectivity index (χ1) is 6.65. The Balaban J connectivity index is 2.91. The molecule has 0 saturated heterocycles. The van der Waals surface area contributed by atoms with Gasteiger partial charge >= 0.3 is 0 Å². The van der Waals surface area contributed by atoms with Gasteiger partial charge in [-0.25, -0.2) is 4.39 Å². The van der Waals surface area contributed by atoms with Gasteiger partial charge in [0.2, 0.25) is 0 Å². The van der Waals surface area contributed by atoms with Crippen LogP contribution in [0.15, 0.2) is 18.2 Å². The summed E-state index contributed by atoms with van der Waals surface area (Å²) < 4.78 is 17.1. The summed E-state index contributed by atoms with van der Waals surface area (Å²) in [6.45, 7) is 3.09. The van der Waals surface area contributed by atoms with E-state index < -0.39 is 12.8 Å². The molecule has 0 saturated carbocycles. The third kappa shape index (κ3) is 2.70. The van der Waals surface area contributed by atoms with E-state index in [-0.39, 0.29) is 6.61 Å². The van der Waals surface area contributed by atoms with Crippen molar-refractivity contribution in [1.29, 1.82) is 0 Å². The highest BCUT2D eigenvalue weighted by atomic mass is 19.1. The van der Waals surface area contributed by atoms with E-state index in [2.05, 4.69) is 0 Å². The van der Waals surface area contributed by atoms with Crippen LogP contribution in [0, 0.1) is 6.92 Å². The van der Waals surface area contributed by atoms with E-state index in [1.807, 2.05) is 13.0 Å². The van der Waals surface area contributed by atoms with E-state index in [9.17, 15) is 9.50 Å². The van der Waals surface area contributed by atoms with Gasteiger partial charge in [0.1, 0.15) is 19.0 Å². The van der Waals surface area contributed by atoms with Crippen LogP contribution in [0.4, 0.5) is 4.39 Å². The zero-order valence-electron chi connectivity index (χ0n) is 8.46. The molecule has 0 aliphatic carbocycles. The molecule has 0 radical (unpaired) electrons. The number of aliphatic hydroxyl groups is 1. The molecule has 1 aromatic rings. The Labute approximate surface area is 83.3 Å². The molecule has 1 aromatic carbocycles. The fourth-order valence-electron chi connectivity index (χ4n) is 1.26. The summed E-state index contributed by atoms with van der Waals surface area (Å²) >= 11 is 0. The van der Waals surface area contributed by atoms with Gasteiger partial charge in [0.15, 0.2) is 0 Å². The number of ether oxygens (including phenoxy) is 1. The van der Waals surface area contributed by atoms with E-state index in [1.165, 1.54) is 0 Å². The van der Waals surface area contributed by atoms with Crippen molar-refractivity contribution < 1.29 is 14.2 Å². The Hall–Kier alpha value is -1.09. The first-order valence-corrected chi connectivity index (χ1v) is 4.62. The van der Waals surface area contributed by atoms with Crippen LogP contribution >= 0.6 is 0 Å². The van der Waals surface area contributed by atoms with Gasteiger partial charge in [0.05, 0.1) is 6.10 Å². The molecule has 0 fully saturated rings. The van der Waals surface area contributed by atoms with Crippen LogP contribution < -0.4 is 4.74 Å². The SMILES string of the molecule is Cc1ccc([C@@H](C)O)c(OCCF)c1. The van der Waals surface area contributed by atoms with Crippen molar-refractivity contribution in [3.8, 4) is 5.75 Å². The summed E-state index contributed by atoms with van der Waals surface area (Å²) in [5.74, 6) is 0.567. The second-order valence-electron chi connectivity index (χ2n) is 3.25. The number of hydrogen-bond acceptors (Lipinski definition) is 2. The third-order valence-electron chi connectivity index (χ3n) is 1.95. The van der Waals surface area contributed by atoms with E-state index >= 15 is 0 Å². The number of hydrogen-bond donors (Lipinski definition) is 1. The van der Waals surface area contributed by atoms with Gasteiger partial charge in [0, 0.05) is 5.56 Å². The van der Waals surface area contributed by atoms with Crippen LogP contribution in [-0.2, 0) is 0 Å². The second kappa shape index (κ2) is 4.96. The standard InChI is InChI=1S/C11H15FO2/c1-8-3-4-10(9(2)13)11(7-8)14-6-5-12/h3-4,7,9,13H,5-6H2,1-2H3/t9-/m1/s1. The van der Waals surface area contributed by atoms with Crippen molar-refractivity contribution in [3.63, 3.8) is 0 Å². The Kier molecular flexibility index (Phi) is 3.89. The molecule has 0 spiro atoms. The fraction of sp³-hybridized carbons (Fsp3) is 0.455. The van der Waals surface area contributed by atoms with Gasteiger partial charge < -0.3 is 9.84 Å². The zero-order chi connectivity index (χ0) is 10.6. The topological polar surface area (TPSA) is 29.5 Å². The summed E-state index contributed by atoms with van der Waals surface area (Å²) in [6.07, 6.45) is -0.592. The quantitative estimate of drug-likeness (QED) is 0.805. The molecule has 0 aliphatic rings. The van der Waals surface area contributed by atoms with Gasteiger partial charge in [-0.05, 0) is 25.5 Å². The predicted molar refractivity (Wildman–Crippen MR) is 53.3 cm³/mol. The van der Waals surface area contributed by atoms with Crippen LogP contribution in [0.2, 0.25) is 0 Å². The monoisotopic (exact) mass is 198 g/mol. The van der Waals surface area contributed by atoms with Crippen molar-refractivity contribution >= 4 is 0 Å². The average molecular weight is 198 g/mol. The maximum Gasteiger partial charge on any atom is 0.125 e. The highest BCUT2D eigenvalue weighted by Gasteiger charge is 2.08. The van der Waals surface area contributed by atoms with Crippen molar-refractivity contribution in [3.05, 3.63) is 29.3 Å². The van der Waals surface area contributed by atoms with E-state index in [0.29, 0.717) is 11.3 Å². The molecule has 1 rings (SSSR count). The molecule has 2 nitrogen and oxygen atoms in total. The van der Waals surface area contributed by atoms with E-state index in [1.54, 1.807) is 19.1 Å². The maximum atomic E-state index is 11.9. The largest absolute Gasteiger partial charge is 0.490 e. The van der Waals surface area contributed by atoms with Crippen LogP contribution in [0.5, 0.6) is 5.75 Å². The Morgan fingerprint density at radius 3 is 2.79 bits per heavy atom. The lowest BCUT2D eigenvalue weighted by Crippen LogP contribution is -2.03. The number of halogens is 1. The molecule has 0 aliphatic heterocycles. The summed E-state index contributed by atoms with van der Waals surface area (Å²) in [6, 6.07) is 5.50. The fourth-order valence-corrected chi connectivity index (χ4v) is 1.26. The Bertz CT molecular complexity index is 297. The second-order valence-corrected chi connectivity index (χ2v) is 3.25. The van der Waals surface area contributed by atoms with Crippen molar-refractivity contribution in [2.75, 3.05) is 13.3 Å². The van der Waals surface area contributed by atoms with Gasteiger partial charge in [-0.3, -0.25) is 0 Å². The minimum Gasteiger partial charge on any atom is -0.490 e. The van der Waals surface area contributed by atoms with Gasteiger partial charge in [-0.2, -0.15) is 0 Å². The van der Waals surface area contributed by atoms with Crippen LogP contribution in [0.3, 0.4) is 0 Å². The molecule has 0 unspecified atom stereocenters. The molecule has 1 N–H and O–H groups in total. The number of aliphatic hydroxyl groups excluding tert-OH is 1. The molecule has 0 heterocycles. The molecular formula is C11H15FO2. The summed E-state index contributed by atoms with van der Waals surface area (Å²) in [5, 5.41) is 9.42. The lowest BCUT2D eigenvalue weighted by Gasteiger charge is -2.13. The summed E-state index contributed by atoms with van der Waals surface area (Å²) in [7, 11) is 0. The lowest BCUT2D eigenvalue weighted by atomic mass is 10.1. The minimum atomic E-state index is -0.592. The zero-order valence-corrected chi connectivity index (χ0v) is 8.46. The first-order valence-electron chi connectivity index (χ1n) is 4.62. The van der Waals surface area contributed by atoms with Gasteiger partial charge in [-0.1, -0.05) is 12.1 Å². The van der Waals surface area contributed by atoms with Crippen LogP contribution in [0.1, 0.15) is 24.2 Å². The van der Waals surface area contributed by atoms with E-state index in [4.69, 9.17) is 4.74 Å². The van der Waals surface area contributed by atoms with Gasteiger partial charge in [-0.15, -0.1) is 0 Å². The van der Waals surface area contributed by atoms with Crippen LogP contribution in [-0.4, -0.2) is 18.4 Å². The smallest absolute Gasteiger partial charge is 0.125 e. The molecule has 0 amide bonds. The molecule has 1 atom stereocenters. The Morgan fingerprint density at radius 2 is 2.21 bits per heavy atom. The third-order valence-corrected chi connectivity index (χ3v) is 1.95. The summed E-state index contributed by atoms with van der Waals surface area (Å²) in [4.78, 5) is 0. The predicted octanol–water partition coefficient (Wildman–Crippen LogP) is 2.40. The number of alkyl halides is 1. The maximum absolute atomic E-state index is 11.9. The first kappa shape index (κ1) is 11.0. The van der Waals surface area contributed by atoms with Gasteiger partial charge in [0.25, 0.3) is 0 Å². The average Bonchev–Trinajstić information content (AvgIpc) is 2.14. The molecule has 0 bridgehead atoms. The van der Waals surface area contributed by atoms with Crippen molar-refractivity contribution in [2.45, 2.75) is 20.0 Å². The highest BCUT2D eigenvalue weighted by Crippen LogP contribution is 2.26. The molecule has 78 valence electrons. The van der Waals surface area contributed by atoms with E-state index in [0.717, 1.165) is 5.56 Å². The van der Waals surface area contributed by atoms with Crippen molar-refractivity contribution in [2.24, 2.45) is 0 Å². The normalized spacial score (nSPS) is 12.6. The molecule has 14 heavy (non-hydrogen) atoms. The summed E-state index contributed by atoms with van der Waals surface area (Å²) in [5.41, 5.74) is 1.73. The number of aryl methyl sites for hydroxylation is 1. The molecular weight excluding hydrogens is 183 g/mol. The lowest BCUT2D eigenvalue weighted by molar-refractivity contribution is 0.189. The van der Waals surface area contributed by atoms with Crippen molar-refractivity contribution in [1.82, 2.24) is 0 Å². The van der Waals surface area contributed by atoms with Crippen LogP contribution in [0.25, 0.3) is 0 Å².